The monoisotopic (exact) mass is 420 g/mol. The SMILES string of the molecule is Cn1ccnc1SCc1ccc(C(=O)NCCc2ccc(S(N)(=O)=O)cc2)o1. The van der Waals surface area contributed by atoms with Crippen molar-refractivity contribution in [2.45, 2.75) is 22.2 Å². The van der Waals surface area contributed by atoms with E-state index >= 15 is 0 Å². The summed E-state index contributed by atoms with van der Waals surface area (Å²) in [6.07, 6.45) is 4.15. The summed E-state index contributed by atoms with van der Waals surface area (Å²) < 4.78 is 30.0. The summed E-state index contributed by atoms with van der Waals surface area (Å²) in [7, 11) is -1.78. The van der Waals surface area contributed by atoms with Crippen LogP contribution < -0.4 is 10.5 Å². The number of hydrogen-bond donors (Lipinski definition) is 2. The van der Waals surface area contributed by atoms with Gasteiger partial charge in [0.2, 0.25) is 10.0 Å². The van der Waals surface area contributed by atoms with Gasteiger partial charge in [-0.3, -0.25) is 4.79 Å². The highest BCUT2D eigenvalue weighted by Gasteiger charge is 2.12. The van der Waals surface area contributed by atoms with Gasteiger partial charge in [-0.05, 0) is 36.2 Å². The normalized spacial score (nSPS) is 11.5. The Hall–Kier alpha value is -2.56. The Morgan fingerprint density at radius 1 is 1.25 bits per heavy atom. The molecule has 1 amide bonds. The zero-order chi connectivity index (χ0) is 20.1. The minimum absolute atomic E-state index is 0.0619. The van der Waals surface area contributed by atoms with Crippen LogP contribution in [0.5, 0.6) is 0 Å². The van der Waals surface area contributed by atoms with Gasteiger partial charge in [-0.15, -0.1) is 0 Å². The van der Waals surface area contributed by atoms with Crippen LogP contribution in [0.1, 0.15) is 21.9 Å². The largest absolute Gasteiger partial charge is 0.455 e. The average Bonchev–Trinajstić information content (AvgIpc) is 3.28. The standard InChI is InChI=1S/C18H20N4O4S2/c1-22-11-10-21-18(22)27-12-14-4-7-16(26-14)17(23)20-9-8-13-2-5-15(6-3-13)28(19,24)25/h2-7,10-11H,8-9,12H2,1H3,(H,20,23)(H2,19,24,25). The Balaban J connectivity index is 1.47. The first-order valence-electron chi connectivity index (χ1n) is 8.42. The van der Waals surface area contributed by atoms with E-state index in [4.69, 9.17) is 9.56 Å². The van der Waals surface area contributed by atoms with E-state index in [1.165, 1.54) is 23.9 Å². The Morgan fingerprint density at radius 2 is 2.00 bits per heavy atom. The molecule has 0 saturated heterocycles. The van der Waals surface area contributed by atoms with Crippen molar-refractivity contribution in [1.29, 1.82) is 0 Å². The van der Waals surface area contributed by atoms with Crippen LogP contribution in [0.2, 0.25) is 0 Å². The summed E-state index contributed by atoms with van der Waals surface area (Å²) in [5, 5.41) is 8.72. The maximum atomic E-state index is 12.2. The number of nitrogens with zero attached hydrogens (tertiary/aromatic N) is 2. The van der Waals surface area contributed by atoms with Crippen molar-refractivity contribution in [3.05, 3.63) is 65.9 Å². The number of carbonyl (C=O) groups is 1. The summed E-state index contributed by atoms with van der Waals surface area (Å²) in [5.41, 5.74) is 0.888. The molecule has 3 N–H and O–H groups in total. The summed E-state index contributed by atoms with van der Waals surface area (Å²) in [6.45, 7) is 0.394. The van der Waals surface area contributed by atoms with Crippen LogP contribution in [-0.2, 0) is 29.2 Å². The lowest BCUT2D eigenvalue weighted by molar-refractivity contribution is 0.0925. The van der Waals surface area contributed by atoms with E-state index in [2.05, 4.69) is 10.3 Å². The summed E-state index contributed by atoms with van der Waals surface area (Å²) >= 11 is 1.52. The fourth-order valence-corrected chi connectivity index (χ4v) is 3.80. The van der Waals surface area contributed by atoms with Gasteiger partial charge in [-0.25, -0.2) is 18.5 Å². The van der Waals surface area contributed by atoms with Crippen molar-refractivity contribution < 1.29 is 17.6 Å². The van der Waals surface area contributed by atoms with Crippen molar-refractivity contribution in [3.63, 3.8) is 0 Å². The van der Waals surface area contributed by atoms with Gasteiger partial charge in [0.15, 0.2) is 10.9 Å². The third kappa shape index (κ3) is 5.24. The second-order valence-corrected chi connectivity index (χ2v) is 8.57. The van der Waals surface area contributed by atoms with Gasteiger partial charge in [-0.1, -0.05) is 23.9 Å². The highest BCUT2D eigenvalue weighted by Crippen LogP contribution is 2.21. The highest BCUT2D eigenvalue weighted by molar-refractivity contribution is 7.98. The highest BCUT2D eigenvalue weighted by atomic mass is 32.2. The van der Waals surface area contributed by atoms with E-state index in [9.17, 15) is 13.2 Å². The molecule has 0 atom stereocenters. The number of nitrogens with one attached hydrogen (secondary N) is 1. The van der Waals surface area contributed by atoms with Crippen LogP contribution in [0.4, 0.5) is 0 Å². The molecule has 0 spiro atoms. The molecule has 0 aliphatic rings. The number of carbonyl (C=O) groups excluding carboxylic acids is 1. The van der Waals surface area contributed by atoms with Gasteiger partial charge in [0, 0.05) is 26.0 Å². The van der Waals surface area contributed by atoms with Crippen molar-refractivity contribution in [1.82, 2.24) is 14.9 Å². The minimum Gasteiger partial charge on any atom is -0.455 e. The van der Waals surface area contributed by atoms with Crippen molar-refractivity contribution in [3.8, 4) is 0 Å². The first kappa shape index (κ1) is 20.2. The molecule has 0 saturated carbocycles. The fraction of sp³-hybridized carbons (Fsp3) is 0.222. The number of aromatic nitrogens is 2. The Morgan fingerprint density at radius 3 is 2.64 bits per heavy atom. The van der Waals surface area contributed by atoms with E-state index in [-0.39, 0.29) is 16.6 Å². The number of hydrogen-bond acceptors (Lipinski definition) is 6. The van der Waals surface area contributed by atoms with Gasteiger partial charge >= 0.3 is 0 Å². The van der Waals surface area contributed by atoms with E-state index in [0.717, 1.165) is 10.7 Å². The fourth-order valence-electron chi connectivity index (χ4n) is 2.46. The summed E-state index contributed by atoms with van der Waals surface area (Å²) in [6, 6.07) is 9.66. The van der Waals surface area contributed by atoms with E-state index < -0.39 is 10.0 Å². The number of sulfonamides is 1. The number of benzene rings is 1. The minimum atomic E-state index is -3.70. The molecule has 0 radical (unpaired) electrons. The zero-order valence-corrected chi connectivity index (χ0v) is 16.8. The van der Waals surface area contributed by atoms with Crippen molar-refractivity contribution >= 4 is 27.7 Å². The van der Waals surface area contributed by atoms with Crippen LogP contribution >= 0.6 is 11.8 Å². The predicted molar refractivity (Wildman–Crippen MR) is 105 cm³/mol. The smallest absolute Gasteiger partial charge is 0.287 e. The number of furan rings is 1. The molecule has 148 valence electrons. The third-order valence-electron chi connectivity index (χ3n) is 3.96. The molecule has 0 unspecified atom stereocenters. The zero-order valence-electron chi connectivity index (χ0n) is 15.2. The average molecular weight is 421 g/mol. The predicted octanol–water partition coefficient (Wildman–Crippen LogP) is 1.93. The number of aryl methyl sites for hydroxylation is 1. The van der Waals surface area contributed by atoms with Crippen LogP contribution in [0, 0.1) is 0 Å². The van der Waals surface area contributed by atoms with Crippen LogP contribution in [-0.4, -0.2) is 30.4 Å². The molecule has 0 aliphatic carbocycles. The molecule has 0 fully saturated rings. The number of primary sulfonamides is 1. The maximum Gasteiger partial charge on any atom is 0.287 e. The molecular weight excluding hydrogens is 400 g/mol. The number of imidazole rings is 1. The lowest BCUT2D eigenvalue weighted by Gasteiger charge is -2.05. The molecule has 10 heteroatoms. The van der Waals surface area contributed by atoms with Crippen LogP contribution in [0.15, 0.2) is 63.3 Å². The second-order valence-electron chi connectivity index (χ2n) is 6.07. The molecule has 8 nitrogen and oxygen atoms in total. The molecule has 28 heavy (non-hydrogen) atoms. The number of amides is 1. The van der Waals surface area contributed by atoms with Gasteiger partial charge < -0.3 is 14.3 Å². The molecule has 1 aromatic carbocycles. The summed E-state index contributed by atoms with van der Waals surface area (Å²) in [4.78, 5) is 16.5. The van der Waals surface area contributed by atoms with E-state index in [0.29, 0.717) is 24.5 Å². The van der Waals surface area contributed by atoms with Crippen LogP contribution in [0.3, 0.4) is 0 Å². The lowest BCUT2D eigenvalue weighted by atomic mass is 10.1. The third-order valence-corrected chi connectivity index (χ3v) is 5.97. The molecule has 0 bridgehead atoms. The first-order valence-corrected chi connectivity index (χ1v) is 10.9. The topological polar surface area (TPSA) is 120 Å². The Labute approximate surface area is 167 Å². The Bertz CT molecular complexity index is 1060. The van der Waals surface area contributed by atoms with Gasteiger partial charge in [-0.2, -0.15) is 0 Å². The second kappa shape index (κ2) is 8.63. The molecule has 3 rings (SSSR count). The van der Waals surface area contributed by atoms with Crippen LogP contribution in [0.25, 0.3) is 0 Å². The van der Waals surface area contributed by atoms with Gasteiger partial charge in [0.1, 0.15) is 5.76 Å². The quantitative estimate of drug-likeness (QED) is 0.537. The van der Waals surface area contributed by atoms with Crippen molar-refractivity contribution in [2.75, 3.05) is 6.54 Å². The summed E-state index contributed by atoms with van der Waals surface area (Å²) in [5.74, 6) is 1.22. The first-order chi connectivity index (χ1) is 13.3. The van der Waals surface area contributed by atoms with Crippen molar-refractivity contribution in [2.24, 2.45) is 12.2 Å². The number of rotatable bonds is 8. The molecular formula is C18H20N4O4S2. The molecule has 2 aromatic heterocycles. The van der Waals surface area contributed by atoms with Gasteiger partial charge in [0.25, 0.3) is 5.91 Å². The number of nitrogens with two attached hydrogens (primary N) is 1. The van der Waals surface area contributed by atoms with E-state index in [1.807, 2.05) is 17.8 Å². The number of thioether (sulfide) groups is 1. The molecule has 0 aliphatic heterocycles. The van der Waals surface area contributed by atoms with Gasteiger partial charge in [0.05, 0.1) is 10.6 Å². The van der Waals surface area contributed by atoms with E-state index in [1.54, 1.807) is 30.5 Å². The molecule has 3 aromatic rings. The Kier molecular flexibility index (Phi) is 6.22. The lowest BCUT2D eigenvalue weighted by Crippen LogP contribution is -2.25. The molecule has 2 heterocycles. The maximum absolute atomic E-state index is 12.2.